The zero-order chi connectivity index (χ0) is 9.52. The fraction of sp³-hybridized carbons (Fsp3) is 0.364. The Morgan fingerprint density at radius 1 is 1.46 bits per heavy atom. The minimum absolute atomic E-state index is 0.894. The molecule has 0 saturated heterocycles. The molecule has 0 bridgehead atoms. The predicted octanol–water partition coefficient (Wildman–Crippen LogP) is 4.05. The first-order valence-corrected chi connectivity index (χ1v) is 5.41. The molecule has 0 aromatic carbocycles. The van der Waals surface area contributed by atoms with Gasteiger partial charge in [-0.25, -0.2) is 4.98 Å². The van der Waals surface area contributed by atoms with Gasteiger partial charge in [0.05, 0.1) is 5.69 Å². The Labute approximate surface area is 88.0 Å². The van der Waals surface area contributed by atoms with Crippen LogP contribution in [-0.4, -0.2) is 4.98 Å². The van der Waals surface area contributed by atoms with Gasteiger partial charge in [-0.3, -0.25) is 0 Å². The molecule has 1 rings (SSSR count). The third-order valence-corrected chi connectivity index (χ3v) is 2.19. The molecule has 1 aromatic heterocycles. The van der Waals surface area contributed by atoms with Crippen LogP contribution in [0, 0.1) is 0 Å². The minimum Gasteiger partial charge on any atom is -0.242 e. The smallest absolute Gasteiger partial charge is 0.106 e. The zero-order valence-electron chi connectivity index (χ0n) is 7.83. The largest absolute Gasteiger partial charge is 0.242 e. The van der Waals surface area contributed by atoms with Crippen molar-refractivity contribution in [2.75, 3.05) is 0 Å². The maximum atomic E-state index is 4.30. The Morgan fingerprint density at radius 2 is 2.31 bits per heavy atom. The molecule has 2 heteroatoms. The summed E-state index contributed by atoms with van der Waals surface area (Å²) in [5, 5.41) is 0. The Kier molecular flexibility index (Phi) is 4.76. The monoisotopic (exact) mass is 239 g/mol. The Hall–Kier alpha value is -0.630. The van der Waals surface area contributed by atoms with Gasteiger partial charge >= 0.3 is 0 Å². The molecule has 0 radical (unpaired) electrons. The molecule has 0 fully saturated rings. The number of pyridine rings is 1. The van der Waals surface area contributed by atoms with Crippen LogP contribution in [-0.2, 0) is 0 Å². The fourth-order valence-corrected chi connectivity index (χ4v) is 1.40. The van der Waals surface area contributed by atoms with E-state index in [1.54, 1.807) is 0 Å². The van der Waals surface area contributed by atoms with Crippen molar-refractivity contribution >= 4 is 22.0 Å². The summed E-state index contributed by atoms with van der Waals surface area (Å²) in [6.07, 6.45) is 7.89. The summed E-state index contributed by atoms with van der Waals surface area (Å²) in [7, 11) is 0. The molecule has 1 aromatic rings. The minimum atomic E-state index is 0.894. The second kappa shape index (κ2) is 5.92. The van der Waals surface area contributed by atoms with Crippen LogP contribution in [0.5, 0.6) is 0 Å². The molecule has 0 unspecified atom stereocenters. The molecular formula is C11H14BrN. The van der Waals surface area contributed by atoms with E-state index in [1.807, 2.05) is 18.2 Å². The SMILES string of the molecule is CCCCC=Cc1cccc(Br)n1. The van der Waals surface area contributed by atoms with E-state index < -0.39 is 0 Å². The molecule has 0 aliphatic rings. The first-order chi connectivity index (χ1) is 6.33. The summed E-state index contributed by atoms with van der Waals surface area (Å²) in [4.78, 5) is 4.30. The number of nitrogens with zero attached hydrogens (tertiary/aromatic N) is 1. The summed E-state index contributed by atoms with van der Waals surface area (Å²) in [5.74, 6) is 0. The first kappa shape index (κ1) is 10.5. The van der Waals surface area contributed by atoms with Crippen molar-refractivity contribution in [2.45, 2.75) is 26.2 Å². The van der Waals surface area contributed by atoms with Gasteiger partial charge in [-0.2, -0.15) is 0 Å². The average molecular weight is 240 g/mol. The standard InChI is InChI=1S/C11H14BrN/c1-2-3-4-5-7-10-8-6-9-11(12)13-10/h5-9H,2-4H2,1H3. The molecule has 0 aliphatic carbocycles. The summed E-state index contributed by atoms with van der Waals surface area (Å²) in [5.41, 5.74) is 1.02. The van der Waals surface area contributed by atoms with Crippen LogP contribution in [0.2, 0.25) is 0 Å². The molecule has 0 N–H and O–H groups in total. The molecule has 13 heavy (non-hydrogen) atoms. The van der Waals surface area contributed by atoms with Gasteiger partial charge in [0, 0.05) is 0 Å². The molecule has 70 valence electrons. The fourth-order valence-electron chi connectivity index (χ4n) is 1.04. The van der Waals surface area contributed by atoms with Crippen LogP contribution in [0.1, 0.15) is 31.9 Å². The summed E-state index contributed by atoms with van der Waals surface area (Å²) in [6, 6.07) is 5.94. The van der Waals surface area contributed by atoms with Gasteiger partial charge in [0.15, 0.2) is 0 Å². The number of aromatic nitrogens is 1. The maximum absolute atomic E-state index is 4.30. The van der Waals surface area contributed by atoms with Gasteiger partial charge in [0.25, 0.3) is 0 Å². The molecule has 0 atom stereocenters. The van der Waals surface area contributed by atoms with Crippen LogP contribution < -0.4 is 0 Å². The van der Waals surface area contributed by atoms with Crippen molar-refractivity contribution in [1.29, 1.82) is 0 Å². The number of allylic oxidation sites excluding steroid dienone is 1. The molecule has 1 nitrogen and oxygen atoms in total. The van der Waals surface area contributed by atoms with Gasteiger partial charge in [-0.05, 0) is 40.6 Å². The lowest BCUT2D eigenvalue weighted by Gasteiger charge is -1.93. The van der Waals surface area contributed by atoms with Crippen molar-refractivity contribution in [3.63, 3.8) is 0 Å². The van der Waals surface area contributed by atoms with E-state index >= 15 is 0 Å². The average Bonchev–Trinajstić information content (AvgIpc) is 2.13. The highest BCUT2D eigenvalue weighted by atomic mass is 79.9. The molecule has 1 heterocycles. The summed E-state index contributed by atoms with van der Waals surface area (Å²) >= 11 is 3.34. The number of unbranched alkanes of at least 4 members (excludes halogenated alkanes) is 2. The first-order valence-electron chi connectivity index (χ1n) is 4.62. The van der Waals surface area contributed by atoms with Gasteiger partial charge < -0.3 is 0 Å². The van der Waals surface area contributed by atoms with Gasteiger partial charge in [0.1, 0.15) is 4.60 Å². The van der Waals surface area contributed by atoms with E-state index in [0.29, 0.717) is 0 Å². The van der Waals surface area contributed by atoms with Gasteiger partial charge in [-0.15, -0.1) is 0 Å². The van der Waals surface area contributed by atoms with E-state index in [1.165, 1.54) is 12.8 Å². The second-order valence-corrected chi connectivity index (χ2v) is 3.74. The van der Waals surface area contributed by atoms with Crippen LogP contribution >= 0.6 is 15.9 Å². The molecule has 0 amide bonds. The molecule has 0 aliphatic heterocycles. The van der Waals surface area contributed by atoms with Crippen molar-refractivity contribution in [2.24, 2.45) is 0 Å². The number of hydrogen-bond acceptors (Lipinski definition) is 1. The third kappa shape index (κ3) is 4.23. The Morgan fingerprint density at radius 3 is 3.00 bits per heavy atom. The predicted molar refractivity (Wildman–Crippen MR) is 60.5 cm³/mol. The van der Waals surface area contributed by atoms with Gasteiger partial charge in [-0.1, -0.05) is 31.9 Å². The Balaban J connectivity index is 2.48. The van der Waals surface area contributed by atoms with Crippen molar-refractivity contribution in [3.05, 3.63) is 34.6 Å². The van der Waals surface area contributed by atoms with Crippen molar-refractivity contribution in [3.8, 4) is 0 Å². The molecular weight excluding hydrogens is 226 g/mol. The normalized spacial score (nSPS) is 10.9. The van der Waals surface area contributed by atoms with Crippen LogP contribution in [0.25, 0.3) is 6.08 Å². The third-order valence-electron chi connectivity index (χ3n) is 1.75. The van der Waals surface area contributed by atoms with E-state index in [9.17, 15) is 0 Å². The number of rotatable bonds is 4. The Bertz CT molecular complexity index is 281. The van der Waals surface area contributed by atoms with Crippen molar-refractivity contribution < 1.29 is 0 Å². The summed E-state index contributed by atoms with van der Waals surface area (Å²) < 4.78 is 0.894. The highest BCUT2D eigenvalue weighted by Crippen LogP contribution is 2.08. The number of halogens is 1. The second-order valence-electron chi connectivity index (χ2n) is 2.93. The topological polar surface area (TPSA) is 12.9 Å². The lowest BCUT2D eigenvalue weighted by Crippen LogP contribution is -1.79. The lowest BCUT2D eigenvalue weighted by molar-refractivity contribution is 0.816. The highest BCUT2D eigenvalue weighted by Gasteiger charge is 1.88. The highest BCUT2D eigenvalue weighted by molar-refractivity contribution is 9.10. The molecule has 0 spiro atoms. The van der Waals surface area contributed by atoms with Crippen molar-refractivity contribution in [1.82, 2.24) is 4.98 Å². The van der Waals surface area contributed by atoms with E-state index in [0.717, 1.165) is 16.7 Å². The summed E-state index contributed by atoms with van der Waals surface area (Å²) in [6.45, 7) is 2.20. The molecule has 0 saturated carbocycles. The van der Waals surface area contributed by atoms with Crippen LogP contribution in [0.15, 0.2) is 28.9 Å². The van der Waals surface area contributed by atoms with E-state index in [-0.39, 0.29) is 0 Å². The van der Waals surface area contributed by atoms with E-state index in [4.69, 9.17) is 0 Å². The van der Waals surface area contributed by atoms with Crippen LogP contribution in [0.3, 0.4) is 0 Å². The van der Waals surface area contributed by atoms with E-state index in [2.05, 4.69) is 40.0 Å². The van der Waals surface area contributed by atoms with Gasteiger partial charge in [0.2, 0.25) is 0 Å². The number of hydrogen-bond donors (Lipinski definition) is 0. The quantitative estimate of drug-likeness (QED) is 0.571. The van der Waals surface area contributed by atoms with Crippen LogP contribution in [0.4, 0.5) is 0 Å². The maximum Gasteiger partial charge on any atom is 0.106 e. The zero-order valence-corrected chi connectivity index (χ0v) is 9.42. The lowest BCUT2D eigenvalue weighted by atomic mass is 10.2.